The first-order chi connectivity index (χ1) is 13.1. The molecule has 4 rings (SSSR count). The van der Waals surface area contributed by atoms with Gasteiger partial charge >= 0.3 is 6.03 Å². The molecule has 0 aliphatic heterocycles. The van der Waals surface area contributed by atoms with Crippen molar-refractivity contribution in [1.29, 1.82) is 0 Å². The fraction of sp³-hybridized carbons (Fsp3) is 0. The quantitative estimate of drug-likeness (QED) is 0.417. The van der Waals surface area contributed by atoms with Crippen LogP contribution in [-0.4, -0.2) is 11.0 Å². The van der Waals surface area contributed by atoms with Gasteiger partial charge in [0.2, 0.25) is 5.89 Å². The lowest BCUT2D eigenvalue weighted by Crippen LogP contribution is -2.19. The van der Waals surface area contributed by atoms with Gasteiger partial charge in [0, 0.05) is 27.0 Å². The lowest BCUT2D eigenvalue weighted by molar-refractivity contribution is 0.262. The molecule has 2 N–H and O–H groups in total. The van der Waals surface area contributed by atoms with Crippen molar-refractivity contribution in [3.8, 4) is 11.5 Å². The van der Waals surface area contributed by atoms with Crippen LogP contribution in [0.4, 0.5) is 16.2 Å². The summed E-state index contributed by atoms with van der Waals surface area (Å²) in [5.74, 6) is 0.468. The van der Waals surface area contributed by atoms with Crippen LogP contribution >= 0.6 is 23.2 Å². The lowest BCUT2D eigenvalue weighted by Gasteiger charge is -2.07. The summed E-state index contributed by atoms with van der Waals surface area (Å²) < 4.78 is 5.77. The first kappa shape index (κ1) is 17.4. The van der Waals surface area contributed by atoms with Gasteiger partial charge in [-0.3, -0.25) is 0 Å². The van der Waals surface area contributed by atoms with E-state index in [2.05, 4.69) is 15.6 Å². The molecular formula is C20H13Cl2N3O2. The molecule has 27 heavy (non-hydrogen) atoms. The standard InChI is InChI=1S/C20H13Cl2N3O2/c21-13-4-6-15(7-5-13)23-20(26)24-16-8-9-18-17(11-16)25-19(27-18)12-2-1-3-14(22)10-12/h1-11H,(H2,23,24,26). The third kappa shape index (κ3) is 4.05. The van der Waals surface area contributed by atoms with E-state index >= 15 is 0 Å². The maximum Gasteiger partial charge on any atom is 0.323 e. The highest BCUT2D eigenvalue weighted by molar-refractivity contribution is 6.31. The van der Waals surface area contributed by atoms with Gasteiger partial charge in [-0.15, -0.1) is 0 Å². The highest BCUT2D eigenvalue weighted by atomic mass is 35.5. The highest BCUT2D eigenvalue weighted by Gasteiger charge is 2.10. The number of carbonyl (C=O) groups is 1. The Morgan fingerprint density at radius 3 is 2.37 bits per heavy atom. The van der Waals surface area contributed by atoms with E-state index in [-0.39, 0.29) is 6.03 Å². The minimum Gasteiger partial charge on any atom is -0.436 e. The van der Waals surface area contributed by atoms with Crippen LogP contribution < -0.4 is 10.6 Å². The molecule has 0 spiro atoms. The van der Waals surface area contributed by atoms with Crippen molar-refractivity contribution in [1.82, 2.24) is 4.98 Å². The van der Waals surface area contributed by atoms with E-state index in [1.54, 1.807) is 54.6 Å². The van der Waals surface area contributed by atoms with Crippen LogP contribution in [0.1, 0.15) is 0 Å². The normalized spacial score (nSPS) is 10.7. The van der Waals surface area contributed by atoms with Crippen LogP contribution in [0.3, 0.4) is 0 Å². The van der Waals surface area contributed by atoms with Gasteiger partial charge in [0.1, 0.15) is 5.52 Å². The smallest absolute Gasteiger partial charge is 0.323 e. The van der Waals surface area contributed by atoms with Gasteiger partial charge in [-0.05, 0) is 60.7 Å². The average molecular weight is 398 g/mol. The fourth-order valence-electron chi connectivity index (χ4n) is 2.58. The Morgan fingerprint density at radius 1 is 0.852 bits per heavy atom. The van der Waals surface area contributed by atoms with Crippen molar-refractivity contribution in [2.45, 2.75) is 0 Å². The summed E-state index contributed by atoms with van der Waals surface area (Å²) in [6.07, 6.45) is 0. The minimum absolute atomic E-state index is 0.366. The van der Waals surface area contributed by atoms with Crippen LogP contribution in [0.25, 0.3) is 22.6 Å². The molecule has 0 saturated carbocycles. The number of oxazole rings is 1. The maximum atomic E-state index is 12.2. The number of nitrogens with zero attached hydrogens (tertiary/aromatic N) is 1. The summed E-state index contributed by atoms with van der Waals surface area (Å²) in [5, 5.41) is 6.72. The molecule has 1 heterocycles. The van der Waals surface area contributed by atoms with Gasteiger partial charge in [0.05, 0.1) is 0 Å². The van der Waals surface area contributed by atoms with E-state index in [0.717, 1.165) is 5.56 Å². The van der Waals surface area contributed by atoms with E-state index in [1.165, 1.54) is 0 Å². The largest absolute Gasteiger partial charge is 0.436 e. The molecule has 0 radical (unpaired) electrons. The zero-order valence-electron chi connectivity index (χ0n) is 13.9. The van der Waals surface area contributed by atoms with E-state index in [1.807, 2.05) is 12.1 Å². The molecule has 1 aromatic heterocycles. The molecule has 0 saturated heterocycles. The van der Waals surface area contributed by atoms with E-state index < -0.39 is 0 Å². The summed E-state index contributed by atoms with van der Waals surface area (Å²) in [7, 11) is 0. The Kier molecular flexibility index (Phi) is 4.71. The van der Waals surface area contributed by atoms with Crippen LogP contribution in [0, 0.1) is 0 Å². The van der Waals surface area contributed by atoms with Crippen molar-refractivity contribution in [2.24, 2.45) is 0 Å². The molecule has 134 valence electrons. The van der Waals surface area contributed by atoms with Gasteiger partial charge in [-0.2, -0.15) is 0 Å². The second-order valence-electron chi connectivity index (χ2n) is 5.80. The number of urea groups is 1. The number of nitrogens with one attached hydrogen (secondary N) is 2. The third-order valence-electron chi connectivity index (χ3n) is 3.82. The Balaban J connectivity index is 1.53. The summed E-state index contributed by atoms with van der Waals surface area (Å²) in [6.45, 7) is 0. The number of rotatable bonds is 3. The molecular weight excluding hydrogens is 385 g/mol. The monoisotopic (exact) mass is 397 g/mol. The lowest BCUT2D eigenvalue weighted by atomic mass is 10.2. The molecule has 0 unspecified atom stereocenters. The summed E-state index contributed by atoms with van der Waals surface area (Å²) in [6, 6.07) is 19.0. The van der Waals surface area contributed by atoms with Crippen LogP contribution in [0.5, 0.6) is 0 Å². The molecule has 7 heteroatoms. The van der Waals surface area contributed by atoms with Crippen LogP contribution in [-0.2, 0) is 0 Å². The molecule has 4 aromatic rings. The number of halogens is 2. The molecule has 0 atom stereocenters. The van der Waals surface area contributed by atoms with Gasteiger partial charge in [0.25, 0.3) is 0 Å². The van der Waals surface area contributed by atoms with Gasteiger partial charge in [-0.1, -0.05) is 29.3 Å². The summed E-state index contributed by atoms with van der Waals surface area (Å²) in [5.41, 5.74) is 3.28. The van der Waals surface area contributed by atoms with Crippen molar-refractivity contribution in [3.05, 3.63) is 76.8 Å². The van der Waals surface area contributed by atoms with Gasteiger partial charge in [-0.25, -0.2) is 9.78 Å². The molecule has 0 fully saturated rings. The predicted octanol–water partition coefficient (Wildman–Crippen LogP) is 6.45. The number of fused-ring (bicyclic) bond motifs is 1. The molecule has 3 aromatic carbocycles. The Bertz CT molecular complexity index is 1120. The molecule has 2 amide bonds. The topological polar surface area (TPSA) is 67.2 Å². The number of amides is 2. The predicted molar refractivity (Wildman–Crippen MR) is 109 cm³/mol. The number of anilines is 2. The number of benzene rings is 3. The highest BCUT2D eigenvalue weighted by Crippen LogP contribution is 2.27. The number of hydrogen-bond donors (Lipinski definition) is 2. The molecule has 5 nitrogen and oxygen atoms in total. The number of hydrogen-bond acceptors (Lipinski definition) is 3. The van der Waals surface area contributed by atoms with Crippen molar-refractivity contribution >= 4 is 51.7 Å². The Labute approximate surface area is 164 Å². The van der Waals surface area contributed by atoms with Gasteiger partial charge in [0.15, 0.2) is 5.58 Å². The first-order valence-corrected chi connectivity index (χ1v) is 8.82. The Hall–Kier alpha value is -3.02. The summed E-state index contributed by atoms with van der Waals surface area (Å²) >= 11 is 11.9. The molecule has 0 aliphatic carbocycles. The van der Waals surface area contributed by atoms with Gasteiger partial charge < -0.3 is 15.1 Å². The van der Waals surface area contributed by atoms with Crippen LogP contribution in [0.15, 0.2) is 71.1 Å². The summed E-state index contributed by atoms with van der Waals surface area (Å²) in [4.78, 5) is 16.6. The van der Waals surface area contributed by atoms with E-state index in [4.69, 9.17) is 27.6 Å². The van der Waals surface area contributed by atoms with E-state index in [9.17, 15) is 4.79 Å². The molecule has 0 bridgehead atoms. The second-order valence-corrected chi connectivity index (χ2v) is 6.67. The van der Waals surface area contributed by atoms with Crippen molar-refractivity contribution in [3.63, 3.8) is 0 Å². The zero-order valence-corrected chi connectivity index (χ0v) is 15.4. The fourth-order valence-corrected chi connectivity index (χ4v) is 2.89. The zero-order chi connectivity index (χ0) is 18.8. The maximum absolute atomic E-state index is 12.2. The second kappa shape index (κ2) is 7.31. The van der Waals surface area contributed by atoms with Crippen LogP contribution in [0.2, 0.25) is 10.0 Å². The number of aromatic nitrogens is 1. The minimum atomic E-state index is -0.366. The average Bonchev–Trinajstić information content (AvgIpc) is 3.07. The van der Waals surface area contributed by atoms with Crippen molar-refractivity contribution < 1.29 is 9.21 Å². The Morgan fingerprint density at radius 2 is 1.59 bits per heavy atom. The van der Waals surface area contributed by atoms with E-state index in [0.29, 0.717) is 38.4 Å². The first-order valence-electron chi connectivity index (χ1n) is 8.07. The third-order valence-corrected chi connectivity index (χ3v) is 4.31. The number of carbonyl (C=O) groups excluding carboxylic acids is 1. The molecule has 0 aliphatic rings. The van der Waals surface area contributed by atoms with Crippen molar-refractivity contribution in [2.75, 3.05) is 10.6 Å². The SMILES string of the molecule is O=C(Nc1ccc(Cl)cc1)Nc1ccc2oc(-c3cccc(Cl)c3)nc2c1.